The molecule has 0 spiro atoms. The summed E-state index contributed by atoms with van der Waals surface area (Å²) in [6, 6.07) is 2.91. The van der Waals surface area contributed by atoms with Gasteiger partial charge in [0.25, 0.3) is 0 Å². The van der Waals surface area contributed by atoms with Crippen LogP contribution >= 0.6 is 27.3 Å². The molecule has 0 N–H and O–H groups in total. The predicted molar refractivity (Wildman–Crippen MR) is 84.0 cm³/mol. The van der Waals surface area contributed by atoms with E-state index in [2.05, 4.69) is 25.9 Å². The molecule has 0 amide bonds. The van der Waals surface area contributed by atoms with Crippen LogP contribution in [-0.4, -0.2) is 28.5 Å². The van der Waals surface area contributed by atoms with Gasteiger partial charge in [-0.2, -0.15) is 4.98 Å². The standard InChI is InChI=1S/C12H13BrN4O3S/c1-3-20-10-5-4-9(17(18)19)11(15-10)16(2)7-8-6-14-12(13)21-8/h4-6H,3,7H2,1-2H3. The van der Waals surface area contributed by atoms with Crippen molar-refractivity contribution in [1.29, 1.82) is 0 Å². The molecule has 2 heterocycles. The molecule has 0 aromatic carbocycles. The number of anilines is 1. The fraction of sp³-hybridized carbons (Fsp3) is 0.333. The number of thiazole rings is 1. The van der Waals surface area contributed by atoms with Crippen molar-refractivity contribution in [2.45, 2.75) is 13.5 Å². The first-order chi connectivity index (χ1) is 10.0. The van der Waals surface area contributed by atoms with Crippen LogP contribution in [0.15, 0.2) is 22.2 Å². The van der Waals surface area contributed by atoms with Crippen LogP contribution in [0, 0.1) is 10.1 Å². The van der Waals surface area contributed by atoms with Gasteiger partial charge in [0, 0.05) is 30.3 Å². The van der Waals surface area contributed by atoms with Crippen molar-refractivity contribution in [2.24, 2.45) is 0 Å². The van der Waals surface area contributed by atoms with Gasteiger partial charge in [-0.1, -0.05) is 0 Å². The van der Waals surface area contributed by atoms with Gasteiger partial charge in [-0.15, -0.1) is 11.3 Å². The summed E-state index contributed by atoms with van der Waals surface area (Å²) in [5.74, 6) is 0.644. The van der Waals surface area contributed by atoms with E-state index in [0.29, 0.717) is 19.0 Å². The zero-order valence-electron chi connectivity index (χ0n) is 11.4. The number of aromatic nitrogens is 2. The van der Waals surface area contributed by atoms with Gasteiger partial charge in [0.1, 0.15) is 0 Å². The molecule has 0 saturated carbocycles. The minimum absolute atomic E-state index is 0.0514. The summed E-state index contributed by atoms with van der Waals surface area (Å²) >= 11 is 4.77. The summed E-state index contributed by atoms with van der Waals surface area (Å²) in [5.41, 5.74) is -0.0514. The second-order valence-electron chi connectivity index (χ2n) is 4.12. The van der Waals surface area contributed by atoms with E-state index in [1.807, 2.05) is 6.92 Å². The van der Waals surface area contributed by atoms with Crippen LogP contribution in [0.5, 0.6) is 5.88 Å². The van der Waals surface area contributed by atoms with Crippen molar-refractivity contribution in [3.8, 4) is 5.88 Å². The first-order valence-electron chi connectivity index (χ1n) is 6.10. The third-order valence-corrected chi connectivity index (χ3v) is 4.06. The predicted octanol–water partition coefficient (Wildman–Crippen LogP) is 3.24. The van der Waals surface area contributed by atoms with Crippen LogP contribution in [0.2, 0.25) is 0 Å². The Morgan fingerprint density at radius 2 is 2.29 bits per heavy atom. The fourth-order valence-electron chi connectivity index (χ4n) is 1.74. The Bertz CT molecular complexity index is 649. The van der Waals surface area contributed by atoms with Gasteiger partial charge in [0.2, 0.25) is 11.7 Å². The highest BCUT2D eigenvalue weighted by Gasteiger charge is 2.20. The summed E-state index contributed by atoms with van der Waals surface area (Å²) in [7, 11) is 1.75. The average molecular weight is 373 g/mol. The molecular weight excluding hydrogens is 360 g/mol. The molecule has 0 aliphatic rings. The van der Waals surface area contributed by atoms with Gasteiger partial charge >= 0.3 is 5.69 Å². The van der Waals surface area contributed by atoms with Gasteiger partial charge < -0.3 is 9.64 Å². The molecule has 0 aliphatic carbocycles. The molecular formula is C12H13BrN4O3S. The minimum atomic E-state index is -0.447. The average Bonchev–Trinajstić information content (AvgIpc) is 2.84. The van der Waals surface area contributed by atoms with Gasteiger partial charge in [-0.25, -0.2) is 4.98 Å². The van der Waals surface area contributed by atoms with E-state index in [-0.39, 0.29) is 11.5 Å². The molecule has 0 radical (unpaired) electrons. The summed E-state index contributed by atoms with van der Waals surface area (Å²) < 4.78 is 6.08. The van der Waals surface area contributed by atoms with E-state index in [1.54, 1.807) is 18.1 Å². The fourth-order valence-corrected chi connectivity index (χ4v) is 3.15. The lowest BCUT2D eigenvalue weighted by Gasteiger charge is -2.17. The van der Waals surface area contributed by atoms with Crippen molar-refractivity contribution in [1.82, 2.24) is 9.97 Å². The first kappa shape index (κ1) is 15.6. The number of rotatable bonds is 6. The Labute approximate surface area is 133 Å². The zero-order chi connectivity index (χ0) is 15.4. The van der Waals surface area contributed by atoms with Gasteiger partial charge in [-0.05, 0) is 22.9 Å². The highest BCUT2D eigenvalue weighted by molar-refractivity contribution is 9.11. The molecule has 0 saturated heterocycles. The van der Waals surface area contributed by atoms with Crippen molar-refractivity contribution in [2.75, 3.05) is 18.6 Å². The monoisotopic (exact) mass is 372 g/mol. The van der Waals surface area contributed by atoms with Crippen molar-refractivity contribution >= 4 is 38.8 Å². The SMILES string of the molecule is CCOc1ccc([N+](=O)[O-])c(N(C)Cc2cnc(Br)s2)n1. The van der Waals surface area contributed by atoms with Gasteiger partial charge in [0.05, 0.1) is 18.1 Å². The van der Waals surface area contributed by atoms with Crippen LogP contribution in [0.3, 0.4) is 0 Å². The van der Waals surface area contributed by atoms with Crippen molar-refractivity contribution in [3.63, 3.8) is 0 Å². The smallest absolute Gasteiger partial charge is 0.311 e. The highest BCUT2D eigenvalue weighted by Crippen LogP contribution is 2.29. The van der Waals surface area contributed by atoms with Gasteiger partial charge in [0.15, 0.2) is 3.92 Å². The lowest BCUT2D eigenvalue weighted by atomic mass is 10.3. The molecule has 2 aromatic heterocycles. The Kier molecular flexibility index (Phi) is 5.07. The second kappa shape index (κ2) is 6.81. The largest absolute Gasteiger partial charge is 0.478 e. The van der Waals surface area contributed by atoms with Crippen LogP contribution in [-0.2, 0) is 6.54 Å². The third kappa shape index (κ3) is 3.88. The molecule has 112 valence electrons. The third-order valence-electron chi connectivity index (χ3n) is 2.60. The number of halogens is 1. The van der Waals surface area contributed by atoms with Crippen molar-refractivity contribution < 1.29 is 9.66 Å². The Hall–Kier alpha value is -1.74. The van der Waals surface area contributed by atoms with E-state index in [4.69, 9.17) is 4.74 Å². The summed E-state index contributed by atoms with van der Waals surface area (Å²) in [6.45, 7) is 2.77. The molecule has 0 unspecified atom stereocenters. The van der Waals surface area contributed by atoms with Crippen LogP contribution in [0.1, 0.15) is 11.8 Å². The lowest BCUT2D eigenvalue weighted by molar-refractivity contribution is -0.384. The Balaban J connectivity index is 2.30. The van der Waals surface area contributed by atoms with Crippen LogP contribution in [0.25, 0.3) is 0 Å². The number of nitrogens with zero attached hydrogens (tertiary/aromatic N) is 4. The summed E-state index contributed by atoms with van der Waals surface area (Å²) in [6.07, 6.45) is 1.73. The van der Waals surface area contributed by atoms with E-state index in [1.165, 1.54) is 23.5 Å². The topological polar surface area (TPSA) is 81.4 Å². The van der Waals surface area contributed by atoms with Crippen LogP contribution < -0.4 is 9.64 Å². The van der Waals surface area contributed by atoms with E-state index < -0.39 is 4.92 Å². The maximum Gasteiger partial charge on any atom is 0.311 e. The van der Waals surface area contributed by atoms with Gasteiger partial charge in [-0.3, -0.25) is 10.1 Å². The van der Waals surface area contributed by atoms with E-state index in [9.17, 15) is 10.1 Å². The number of hydrogen-bond acceptors (Lipinski definition) is 7. The zero-order valence-corrected chi connectivity index (χ0v) is 13.8. The molecule has 0 atom stereocenters. The summed E-state index contributed by atoms with van der Waals surface area (Å²) in [4.78, 5) is 21.7. The van der Waals surface area contributed by atoms with E-state index in [0.717, 1.165) is 8.79 Å². The molecule has 0 fully saturated rings. The number of pyridine rings is 1. The second-order valence-corrected chi connectivity index (χ2v) is 6.51. The highest BCUT2D eigenvalue weighted by atomic mass is 79.9. The van der Waals surface area contributed by atoms with Crippen LogP contribution in [0.4, 0.5) is 11.5 Å². The molecule has 21 heavy (non-hydrogen) atoms. The number of ether oxygens (including phenoxy) is 1. The molecule has 9 heteroatoms. The maximum absolute atomic E-state index is 11.1. The Morgan fingerprint density at radius 3 is 2.86 bits per heavy atom. The number of hydrogen-bond donors (Lipinski definition) is 0. The molecule has 7 nitrogen and oxygen atoms in total. The number of nitro groups is 1. The quantitative estimate of drug-likeness (QED) is 0.571. The lowest BCUT2D eigenvalue weighted by Crippen LogP contribution is -2.18. The summed E-state index contributed by atoms with van der Waals surface area (Å²) in [5, 5.41) is 11.1. The van der Waals surface area contributed by atoms with Crippen molar-refractivity contribution in [3.05, 3.63) is 37.2 Å². The minimum Gasteiger partial charge on any atom is -0.478 e. The Morgan fingerprint density at radius 1 is 1.52 bits per heavy atom. The van der Waals surface area contributed by atoms with E-state index >= 15 is 0 Å². The normalized spacial score (nSPS) is 10.4. The molecule has 0 bridgehead atoms. The molecule has 0 aliphatic heterocycles. The first-order valence-corrected chi connectivity index (χ1v) is 7.71. The maximum atomic E-state index is 11.1. The molecule has 2 rings (SSSR count). The molecule has 2 aromatic rings.